The average Bonchev–Trinajstić information content (AvgIpc) is 2.75. The molecule has 0 saturated carbocycles. The Morgan fingerprint density at radius 1 is 0.893 bits per heavy atom. The second-order valence-electron chi connectivity index (χ2n) is 6.60. The van der Waals surface area contributed by atoms with Crippen molar-refractivity contribution in [3.8, 4) is 11.3 Å². The highest BCUT2D eigenvalue weighted by Crippen LogP contribution is 2.27. The molecule has 0 fully saturated rings. The molecule has 0 aliphatic rings. The van der Waals surface area contributed by atoms with Crippen LogP contribution < -0.4 is 10.7 Å². The van der Waals surface area contributed by atoms with Gasteiger partial charge in [0, 0.05) is 17.7 Å². The van der Waals surface area contributed by atoms with Gasteiger partial charge in [-0.25, -0.2) is 0 Å². The number of fused-ring (bicyclic) bond motifs is 1. The van der Waals surface area contributed by atoms with E-state index in [1.165, 1.54) is 0 Å². The number of para-hydroxylation sites is 1. The van der Waals surface area contributed by atoms with Crippen molar-refractivity contribution in [2.75, 3.05) is 0 Å². The highest BCUT2D eigenvalue weighted by atomic mass is 16.3. The number of nitrogens with one attached hydrogen (secondary N) is 1. The Bertz CT molecular complexity index is 1200. The van der Waals surface area contributed by atoms with Crippen LogP contribution in [0.2, 0.25) is 0 Å². The molecule has 28 heavy (non-hydrogen) atoms. The quantitative estimate of drug-likeness (QED) is 0.567. The summed E-state index contributed by atoms with van der Waals surface area (Å²) >= 11 is 0. The van der Waals surface area contributed by atoms with Crippen molar-refractivity contribution in [1.29, 1.82) is 0 Å². The number of amides is 1. The lowest BCUT2D eigenvalue weighted by Gasteiger charge is -2.11. The average molecular weight is 369 g/mol. The molecular weight excluding hydrogens is 350 g/mol. The van der Waals surface area contributed by atoms with Crippen molar-refractivity contribution in [1.82, 2.24) is 5.32 Å². The highest BCUT2D eigenvalue weighted by molar-refractivity contribution is 6.05. The molecule has 0 radical (unpaired) electrons. The van der Waals surface area contributed by atoms with E-state index in [9.17, 15) is 9.59 Å². The molecule has 138 valence electrons. The Balaban J connectivity index is 1.78. The molecule has 4 nitrogen and oxygen atoms in total. The monoisotopic (exact) mass is 369 g/mol. The Hall–Kier alpha value is -3.66. The second-order valence-corrected chi connectivity index (χ2v) is 6.60. The molecule has 0 saturated heterocycles. The summed E-state index contributed by atoms with van der Waals surface area (Å²) in [6.07, 6.45) is 0. The molecule has 1 amide bonds. The van der Waals surface area contributed by atoms with E-state index in [2.05, 4.69) is 5.32 Å². The Kier molecular flexibility index (Phi) is 4.77. The summed E-state index contributed by atoms with van der Waals surface area (Å²) in [7, 11) is 0. The topological polar surface area (TPSA) is 59.3 Å². The lowest BCUT2D eigenvalue weighted by atomic mass is 10.0. The van der Waals surface area contributed by atoms with Gasteiger partial charge < -0.3 is 9.73 Å². The summed E-state index contributed by atoms with van der Waals surface area (Å²) in [5.74, 6) is 0.210. The van der Waals surface area contributed by atoms with Crippen LogP contribution in [0.3, 0.4) is 0 Å². The number of carbonyl (C=O) groups is 1. The summed E-state index contributed by atoms with van der Waals surface area (Å²) in [6, 6.07) is 24.2. The number of hydrogen-bond donors (Lipinski definition) is 1. The van der Waals surface area contributed by atoms with Crippen molar-refractivity contribution < 1.29 is 9.21 Å². The zero-order valence-corrected chi connectivity index (χ0v) is 15.4. The molecule has 4 aromatic rings. The molecule has 4 rings (SSSR count). The van der Waals surface area contributed by atoms with Crippen molar-refractivity contribution in [3.63, 3.8) is 0 Å². The summed E-state index contributed by atoms with van der Waals surface area (Å²) in [5, 5.41) is 3.31. The Morgan fingerprint density at radius 3 is 2.29 bits per heavy atom. The third-order valence-electron chi connectivity index (χ3n) is 4.72. The first-order valence-electron chi connectivity index (χ1n) is 9.09. The maximum Gasteiger partial charge on any atom is 0.255 e. The first kappa shape index (κ1) is 17.7. The third-order valence-corrected chi connectivity index (χ3v) is 4.72. The van der Waals surface area contributed by atoms with Crippen LogP contribution in [-0.4, -0.2) is 5.91 Å². The molecule has 0 atom stereocenters. The van der Waals surface area contributed by atoms with Crippen molar-refractivity contribution in [2.45, 2.75) is 13.5 Å². The van der Waals surface area contributed by atoms with Crippen LogP contribution in [0.15, 0.2) is 88.1 Å². The van der Waals surface area contributed by atoms with Gasteiger partial charge in [0.15, 0.2) is 11.0 Å². The van der Waals surface area contributed by atoms with E-state index in [0.29, 0.717) is 34.4 Å². The maximum atomic E-state index is 12.9. The fourth-order valence-electron chi connectivity index (χ4n) is 3.23. The lowest BCUT2D eigenvalue weighted by Crippen LogP contribution is -2.23. The van der Waals surface area contributed by atoms with Crippen molar-refractivity contribution >= 4 is 16.9 Å². The minimum absolute atomic E-state index is 0.127. The van der Waals surface area contributed by atoms with E-state index in [0.717, 1.165) is 11.1 Å². The first-order valence-corrected chi connectivity index (χ1v) is 9.09. The smallest absolute Gasteiger partial charge is 0.255 e. The molecule has 0 unspecified atom stereocenters. The van der Waals surface area contributed by atoms with Crippen LogP contribution in [0.1, 0.15) is 21.5 Å². The molecule has 4 heteroatoms. The normalized spacial score (nSPS) is 10.8. The number of benzene rings is 3. The Labute approximate surface area is 162 Å². The van der Waals surface area contributed by atoms with Crippen molar-refractivity contribution in [2.24, 2.45) is 0 Å². The Morgan fingerprint density at radius 2 is 1.57 bits per heavy atom. The maximum absolute atomic E-state index is 12.9. The van der Waals surface area contributed by atoms with Gasteiger partial charge in [-0.2, -0.15) is 0 Å². The van der Waals surface area contributed by atoms with Crippen LogP contribution >= 0.6 is 0 Å². The van der Waals surface area contributed by atoms with Crippen molar-refractivity contribution in [3.05, 3.63) is 106 Å². The van der Waals surface area contributed by atoms with Gasteiger partial charge in [0.05, 0.1) is 10.9 Å². The third kappa shape index (κ3) is 3.32. The molecule has 0 aliphatic heterocycles. The van der Waals surface area contributed by atoms with Crippen LogP contribution in [0.4, 0.5) is 0 Å². The van der Waals surface area contributed by atoms with Gasteiger partial charge in [-0.05, 0) is 24.6 Å². The molecule has 0 aliphatic carbocycles. The van der Waals surface area contributed by atoms with Gasteiger partial charge in [-0.1, -0.05) is 66.7 Å². The van der Waals surface area contributed by atoms with E-state index >= 15 is 0 Å². The summed E-state index contributed by atoms with van der Waals surface area (Å²) in [5.41, 5.74) is 2.86. The summed E-state index contributed by atoms with van der Waals surface area (Å²) in [4.78, 5) is 25.7. The van der Waals surface area contributed by atoms with E-state index in [4.69, 9.17) is 4.42 Å². The van der Waals surface area contributed by atoms with Crippen LogP contribution in [0.25, 0.3) is 22.3 Å². The standard InChI is InChI=1S/C24H19NO3/c1-16-21(26)19-13-8-14-20(24(27)25-15-17-9-4-2-5-10-17)23(19)28-22(16)18-11-6-3-7-12-18/h2-14H,15H2,1H3,(H,25,27). The van der Waals surface area contributed by atoms with E-state index in [1.807, 2.05) is 60.7 Å². The minimum Gasteiger partial charge on any atom is -0.455 e. The summed E-state index contributed by atoms with van der Waals surface area (Å²) in [6.45, 7) is 2.15. The van der Waals surface area contributed by atoms with Crippen LogP contribution in [0, 0.1) is 6.92 Å². The number of hydrogen-bond acceptors (Lipinski definition) is 3. The first-order chi connectivity index (χ1) is 13.6. The van der Waals surface area contributed by atoms with Crippen LogP contribution in [0.5, 0.6) is 0 Å². The van der Waals surface area contributed by atoms with Crippen LogP contribution in [-0.2, 0) is 6.54 Å². The summed E-state index contributed by atoms with van der Waals surface area (Å²) < 4.78 is 6.10. The molecule has 1 heterocycles. The molecule has 1 N–H and O–H groups in total. The number of carbonyl (C=O) groups excluding carboxylic acids is 1. The molecule has 3 aromatic carbocycles. The van der Waals surface area contributed by atoms with E-state index < -0.39 is 0 Å². The van der Waals surface area contributed by atoms with Gasteiger partial charge >= 0.3 is 0 Å². The van der Waals surface area contributed by atoms with E-state index in [1.54, 1.807) is 25.1 Å². The van der Waals surface area contributed by atoms with Gasteiger partial charge in [0.25, 0.3) is 5.91 Å². The molecular formula is C24H19NO3. The van der Waals surface area contributed by atoms with E-state index in [-0.39, 0.29) is 11.3 Å². The largest absolute Gasteiger partial charge is 0.455 e. The molecule has 0 bridgehead atoms. The lowest BCUT2D eigenvalue weighted by molar-refractivity contribution is 0.0951. The highest BCUT2D eigenvalue weighted by Gasteiger charge is 2.18. The van der Waals surface area contributed by atoms with Gasteiger partial charge in [0.1, 0.15) is 5.76 Å². The van der Waals surface area contributed by atoms with Gasteiger partial charge in [0.2, 0.25) is 0 Å². The second kappa shape index (κ2) is 7.53. The van der Waals surface area contributed by atoms with Gasteiger partial charge in [-0.3, -0.25) is 9.59 Å². The predicted octanol–water partition coefficient (Wildman–Crippen LogP) is 4.70. The predicted molar refractivity (Wildman–Crippen MR) is 110 cm³/mol. The van der Waals surface area contributed by atoms with Gasteiger partial charge in [-0.15, -0.1) is 0 Å². The SMILES string of the molecule is Cc1c(-c2ccccc2)oc2c(C(=O)NCc3ccccc3)cccc2c1=O. The zero-order valence-electron chi connectivity index (χ0n) is 15.4. The molecule has 0 spiro atoms. The minimum atomic E-state index is -0.277. The fraction of sp³-hybridized carbons (Fsp3) is 0.0833. The number of rotatable bonds is 4. The fourth-order valence-corrected chi connectivity index (χ4v) is 3.23. The zero-order chi connectivity index (χ0) is 19.5. The molecule has 1 aromatic heterocycles.